The molecule has 0 aliphatic carbocycles. The summed E-state index contributed by atoms with van der Waals surface area (Å²) in [4.78, 5) is 1.93. The van der Waals surface area contributed by atoms with Crippen LogP contribution >= 0.6 is 0 Å². The fourth-order valence-electron chi connectivity index (χ4n) is 2.47. The zero-order valence-electron chi connectivity index (χ0n) is 11.8. The highest BCUT2D eigenvalue weighted by molar-refractivity contribution is 7.91. The molecule has 1 aliphatic heterocycles. The molecule has 1 saturated heterocycles. The quantitative estimate of drug-likeness (QED) is 0.905. The largest absolute Gasteiger partial charge is 0.389 e. The van der Waals surface area contributed by atoms with Crippen molar-refractivity contribution >= 4 is 15.5 Å². The average molecular weight is 301 g/mol. The number of benzene rings is 1. The maximum atomic E-state index is 13.7. The molecule has 1 fully saturated rings. The minimum absolute atomic E-state index is 0.0999. The van der Waals surface area contributed by atoms with Crippen LogP contribution in [-0.2, 0) is 9.84 Å². The van der Waals surface area contributed by atoms with Crippen LogP contribution in [-0.4, -0.2) is 38.1 Å². The number of halogens is 1. The number of hydrogen-bond donors (Lipinski definition) is 1. The molecule has 0 bridgehead atoms. The van der Waals surface area contributed by atoms with E-state index in [4.69, 9.17) is 0 Å². The van der Waals surface area contributed by atoms with Gasteiger partial charge in [-0.15, -0.1) is 0 Å². The topological polar surface area (TPSA) is 57.6 Å². The molecule has 1 heterocycles. The van der Waals surface area contributed by atoms with E-state index in [9.17, 15) is 17.9 Å². The molecule has 0 radical (unpaired) electrons. The fraction of sp³-hybridized carbons (Fsp3) is 0.571. The van der Waals surface area contributed by atoms with Gasteiger partial charge in [0.05, 0.1) is 17.6 Å². The van der Waals surface area contributed by atoms with Crippen LogP contribution in [0.3, 0.4) is 0 Å². The van der Waals surface area contributed by atoms with Crippen LogP contribution in [0.1, 0.15) is 30.6 Å². The Morgan fingerprint density at radius 3 is 2.65 bits per heavy atom. The summed E-state index contributed by atoms with van der Waals surface area (Å²) in [7, 11) is -2.99. The molecule has 6 heteroatoms. The summed E-state index contributed by atoms with van der Waals surface area (Å²) in [5, 5.41) is 9.81. The molecule has 1 unspecified atom stereocenters. The Labute approximate surface area is 119 Å². The second-order valence-corrected chi connectivity index (χ2v) is 7.63. The molecule has 1 N–H and O–H groups in total. The van der Waals surface area contributed by atoms with E-state index in [1.165, 1.54) is 6.07 Å². The standard InChI is InChI=1S/C14H20FNO3S/c1-10-8-14(12(11(2)17)9-13(10)15)16-4-3-6-20(18,19)7-5-16/h8-9,11,17H,3-7H2,1-2H3. The predicted octanol–water partition coefficient (Wildman–Crippen LogP) is 1.81. The van der Waals surface area contributed by atoms with Crippen molar-refractivity contribution < 1.29 is 17.9 Å². The van der Waals surface area contributed by atoms with Gasteiger partial charge in [-0.05, 0) is 38.0 Å². The van der Waals surface area contributed by atoms with Crippen LogP contribution in [0.15, 0.2) is 12.1 Å². The predicted molar refractivity (Wildman–Crippen MR) is 77.3 cm³/mol. The molecular weight excluding hydrogens is 281 g/mol. The van der Waals surface area contributed by atoms with E-state index in [0.29, 0.717) is 30.6 Å². The summed E-state index contributed by atoms with van der Waals surface area (Å²) in [5.74, 6) is -0.0665. The lowest BCUT2D eigenvalue weighted by Gasteiger charge is -2.26. The highest BCUT2D eigenvalue weighted by Crippen LogP contribution is 2.30. The van der Waals surface area contributed by atoms with Crippen molar-refractivity contribution in [2.75, 3.05) is 29.5 Å². The Balaban J connectivity index is 2.38. The first kappa shape index (κ1) is 15.3. The summed E-state index contributed by atoms with van der Waals surface area (Å²) in [6, 6.07) is 3.03. The second kappa shape index (κ2) is 5.69. The number of sulfone groups is 1. The van der Waals surface area contributed by atoms with Crippen molar-refractivity contribution in [1.29, 1.82) is 0 Å². The van der Waals surface area contributed by atoms with Crippen molar-refractivity contribution in [2.24, 2.45) is 0 Å². The van der Waals surface area contributed by atoms with E-state index < -0.39 is 15.9 Å². The van der Waals surface area contributed by atoms with Gasteiger partial charge in [0.1, 0.15) is 5.82 Å². The van der Waals surface area contributed by atoms with Gasteiger partial charge in [-0.2, -0.15) is 0 Å². The van der Waals surface area contributed by atoms with Crippen molar-refractivity contribution in [3.63, 3.8) is 0 Å². The number of aliphatic hydroxyl groups excluding tert-OH is 1. The Kier molecular flexibility index (Phi) is 4.34. The van der Waals surface area contributed by atoms with Gasteiger partial charge in [0.15, 0.2) is 9.84 Å². The van der Waals surface area contributed by atoms with Gasteiger partial charge in [-0.3, -0.25) is 0 Å². The Morgan fingerprint density at radius 1 is 1.30 bits per heavy atom. The van der Waals surface area contributed by atoms with Gasteiger partial charge in [-0.25, -0.2) is 12.8 Å². The zero-order chi connectivity index (χ0) is 14.9. The molecule has 1 aromatic rings. The maximum Gasteiger partial charge on any atom is 0.152 e. The molecule has 1 aromatic carbocycles. The molecule has 0 amide bonds. The molecule has 1 aliphatic rings. The summed E-state index contributed by atoms with van der Waals surface area (Å²) < 4.78 is 37.0. The van der Waals surface area contributed by atoms with E-state index in [-0.39, 0.29) is 17.3 Å². The number of aryl methyl sites for hydroxylation is 1. The first-order valence-corrected chi connectivity index (χ1v) is 8.56. The Hall–Kier alpha value is -1.14. The van der Waals surface area contributed by atoms with Gasteiger partial charge < -0.3 is 10.0 Å². The highest BCUT2D eigenvalue weighted by Gasteiger charge is 2.22. The molecule has 4 nitrogen and oxygen atoms in total. The van der Waals surface area contributed by atoms with Crippen LogP contribution in [0.4, 0.5) is 10.1 Å². The monoisotopic (exact) mass is 301 g/mol. The highest BCUT2D eigenvalue weighted by atomic mass is 32.2. The summed E-state index contributed by atoms with van der Waals surface area (Å²) >= 11 is 0. The van der Waals surface area contributed by atoms with E-state index >= 15 is 0 Å². The summed E-state index contributed by atoms with van der Waals surface area (Å²) in [5.41, 5.74) is 1.74. The molecular formula is C14H20FNO3S. The van der Waals surface area contributed by atoms with Gasteiger partial charge in [0.2, 0.25) is 0 Å². The number of rotatable bonds is 2. The minimum Gasteiger partial charge on any atom is -0.389 e. The molecule has 20 heavy (non-hydrogen) atoms. The number of nitrogens with zero attached hydrogens (tertiary/aromatic N) is 1. The van der Waals surface area contributed by atoms with Crippen molar-refractivity contribution in [2.45, 2.75) is 26.4 Å². The van der Waals surface area contributed by atoms with E-state index in [0.717, 1.165) is 5.69 Å². The van der Waals surface area contributed by atoms with Crippen molar-refractivity contribution in [3.8, 4) is 0 Å². The second-order valence-electron chi connectivity index (χ2n) is 5.33. The van der Waals surface area contributed by atoms with Crippen molar-refractivity contribution in [1.82, 2.24) is 0 Å². The van der Waals surface area contributed by atoms with E-state index in [1.54, 1.807) is 19.9 Å². The number of hydrogen-bond acceptors (Lipinski definition) is 4. The van der Waals surface area contributed by atoms with Crippen LogP contribution in [0.5, 0.6) is 0 Å². The lowest BCUT2D eigenvalue weighted by Crippen LogP contribution is -2.28. The van der Waals surface area contributed by atoms with E-state index in [1.807, 2.05) is 4.90 Å². The van der Waals surface area contributed by atoms with Gasteiger partial charge in [0.25, 0.3) is 0 Å². The van der Waals surface area contributed by atoms with E-state index in [2.05, 4.69) is 0 Å². The Morgan fingerprint density at radius 2 is 2.00 bits per heavy atom. The van der Waals surface area contributed by atoms with Crippen LogP contribution in [0, 0.1) is 12.7 Å². The smallest absolute Gasteiger partial charge is 0.152 e. The van der Waals surface area contributed by atoms with Gasteiger partial charge in [-0.1, -0.05) is 0 Å². The molecule has 2 rings (SSSR count). The molecule has 0 spiro atoms. The summed E-state index contributed by atoms with van der Waals surface area (Å²) in [6.07, 6.45) is -0.238. The first-order chi connectivity index (χ1) is 9.30. The molecule has 0 aromatic heterocycles. The van der Waals surface area contributed by atoms with Crippen LogP contribution in [0.2, 0.25) is 0 Å². The lowest BCUT2D eigenvalue weighted by molar-refractivity contribution is 0.199. The number of anilines is 1. The van der Waals surface area contributed by atoms with Gasteiger partial charge in [0, 0.05) is 24.3 Å². The fourth-order valence-corrected chi connectivity index (χ4v) is 3.74. The SMILES string of the molecule is Cc1cc(N2CCCS(=O)(=O)CC2)c(C(C)O)cc1F. The third-order valence-corrected chi connectivity index (χ3v) is 5.37. The van der Waals surface area contributed by atoms with Crippen LogP contribution in [0.25, 0.3) is 0 Å². The van der Waals surface area contributed by atoms with Crippen molar-refractivity contribution in [3.05, 3.63) is 29.1 Å². The third-order valence-electron chi connectivity index (χ3n) is 3.65. The summed E-state index contributed by atoms with van der Waals surface area (Å²) in [6.45, 7) is 4.23. The molecule has 0 saturated carbocycles. The van der Waals surface area contributed by atoms with Gasteiger partial charge >= 0.3 is 0 Å². The van der Waals surface area contributed by atoms with Crippen LogP contribution < -0.4 is 4.90 Å². The average Bonchev–Trinajstić information content (AvgIpc) is 2.53. The third kappa shape index (κ3) is 3.30. The Bertz CT molecular complexity index is 599. The maximum absolute atomic E-state index is 13.7. The lowest BCUT2D eigenvalue weighted by atomic mass is 10.0. The normalized spacial score (nSPS) is 20.5. The minimum atomic E-state index is -2.99. The zero-order valence-corrected chi connectivity index (χ0v) is 12.6. The molecule has 1 atom stereocenters. The number of aliphatic hydroxyl groups is 1. The molecule has 112 valence electrons. The first-order valence-electron chi connectivity index (χ1n) is 6.73.